The molecule has 0 unspecified atom stereocenters. The SMILES string of the molecule is C=CCn1c(SCC(=O)N(CC)C2CC2)nnc1-c1cc(-c2ccc(C)cc2)nc2ccccc12. The van der Waals surface area contributed by atoms with Gasteiger partial charge in [0.15, 0.2) is 11.0 Å². The average molecular weight is 484 g/mol. The first kappa shape index (κ1) is 23.3. The zero-order chi connectivity index (χ0) is 24.4. The van der Waals surface area contributed by atoms with Gasteiger partial charge < -0.3 is 4.90 Å². The van der Waals surface area contributed by atoms with Crippen LogP contribution in [0.4, 0.5) is 0 Å². The number of pyridine rings is 1. The lowest BCUT2D eigenvalue weighted by molar-refractivity contribution is -0.128. The minimum absolute atomic E-state index is 0.158. The first-order valence-corrected chi connectivity index (χ1v) is 13.0. The number of rotatable bonds is 9. The molecule has 2 aromatic carbocycles. The van der Waals surface area contributed by atoms with Crippen LogP contribution in [0.2, 0.25) is 0 Å². The number of hydrogen-bond acceptors (Lipinski definition) is 5. The molecule has 0 atom stereocenters. The van der Waals surface area contributed by atoms with E-state index in [1.165, 1.54) is 17.3 Å². The van der Waals surface area contributed by atoms with Crippen molar-refractivity contribution in [1.29, 1.82) is 0 Å². The molecule has 178 valence electrons. The largest absolute Gasteiger partial charge is 0.339 e. The molecule has 1 amide bonds. The van der Waals surface area contributed by atoms with Gasteiger partial charge in [-0.2, -0.15) is 0 Å². The van der Waals surface area contributed by atoms with Crippen molar-refractivity contribution >= 4 is 28.6 Å². The molecule has 2 heterocycles. The van der Waals surface area contributed by atoms with Gasteiger partial charge in [0.25, 0.3) is 0 Å². The predicted molar refractivity (Wildman–Crippen MR) is 142 cm³/mol. The van der Waals surface area contributed by atoms with Gasteiger partial charge in [-0.1, -0.05) is 65.9 Å². The Kier molecular flexibility index (Phi) is 6.68. The van der Waals surface area contributed by atoms with Crippen LogP contribution < -0.4 is 0 Å². The number of benzene rings is 2. The van der Waals surface area contributed by atoms with Crippen LogP contribution in [0.25, 0.3) is 33.5 Å². The van der Waals surface area contributed by atoms with Crippen LogP contribution in [0.1, 0.15) is 25.3 Å². The summed E-state index contributed by atoms with van der Waals surface area (Å²) in [5.41, 5.74) is 5.02. The fourth-order valence-corrected chi connectivity index (χ4v) is 5.19. The molecule has 0 N–H and O–H groups in total. The summed E-state index contributed by atoms with van der Waals surface area (Å²) >= 11 is 1.44. The molecule has 1 saturated carbocycles. The van der Waals surface area contributed by atoms with Crippen molar-refractivity contribution in [3.63, 3.8) is 0 Å². The Balaban J connectivity index is 1.53. The highest BCUT2D eigenvalue weighted by molar-refractivity contribution is 7.99. The van der Waals surface area contributed by atoms with Crippen molar-refractivity contribution in [3.05, 3.63) is 72.8 Å². The number of carbonyl (C=O) groups excluding carboxylic acids is 1. The fraction of sp³-hybridized carbons (Fsp3) is 0.286. The first-order chi connectivity index (χ1) is 17.1. The molecule has 7 heteroatoms. The molecule has 35 heavy (non-hydrogen) atoms. The molecule has 0 bridgehead atoms. The number of hydrogen-bond donors (Lipinski definition) is 0. The van der Waals surface area contributed by atoms with Gasteiger partial charge in [-0.25, -0.2) is 4.98 Å². The molecule has 0 radical (unpaired) electrons. The molecule has 1 aliphatic rings. The van der Waals surface area contributed by atoms with Crippen LogP contribution in [0, 0.1) is 6.92 Å². The second-order valence-electron chi connectivity index (χ2n) is 8.84. The van der Waals surface area contributed by atoms with E-state index >= 15 is 0 Å². The number of fused-ring (bicyclic) bond motifs is 1. The summed E-state index contributed by atoms with van der Waals surface area (Å²) in [5.74, 6) is 1.26. The lowest BCUT2D eigenvalue weighted by atomic mass is 10.0. The smallest absolute Gasteiger partial charge is 0.233 e. The maximum atomic E-state index is 12.8. The fourth-order valence-electron chi connectivity index (χ4n) is 4.35. The molecule has 6 nitrogen and oxygen atoms in total. The topological polar surface area (TPSA) is 63.9 Å². The highest BCUT2D eigenvalue weighted by Gasteiger charge is 2.31. The van der Waals surface area contributed by atoms with Gasteiger partial charge in [0.05, 0.1) is 17.0 Å². The lowest BCUT2D eigenvalue weighted by Crippen LogP contribution is -2.34. The minimum atomic E-state index is 0.158. The van der Waals surface area contributed by atoms with Crippen LogP contribution >= 0.6 is 11.8 Å². The van der Waals surface area contributed by atoms with Crippen molar-refractivity contribution in [1.82, 2.24) is 24.6 Å². The van der Waals surface area contributed by atoms with E-state index in [1.807, 2.05) is 40.7 Å². The van der Waals surface area contributed by atoms with Crippen molar-refractivity contribution in [3.8, 4) is 22.6 Å². The van der Waals surface area contributed by atoms with Gasteiger partial charge >= 0.3 is 0 Å². The number of para-hydroxylation sites is 1. The van der Waals surface area contributed by atoms with Crippen LogP contribution in [0.15, 0.2) is 72.4 Å². The molecule has 5 rings (SSSR count). The normalized spacial score (nSPS) is 13.2. The number of aromatic nitrogens is 4. The van der Waals surface area contributed by atoms with E-state index in [2.05, 4.69) is 60.1 Å². The molecule has 2 aromatic heterocycles. The van der Waals surface area contributed by atoms with Gasteiger partial charge in [0.1, 0.15) is 0 Å². The van der Waals surface area contributed by atoms with E-state index in [0.29, 0.717) is 18.3 Å². The highest BCUT2D eigenvalue weighted by atomic mass is 32.2. The number of thioether (sulfide) groups is 1. The number of carbonyl (C=O) groups is 1. The standard InChI is InChI=1S/C28H29N5OS/c1-4-16-33-27(30-31-28(33)35-18-26(34)32(5-2)21-14-15-21)23-17-25(20-12-10-19(3)11-13-20)29-24-9-7-6-8-22(23)24/h4,6-13,17,21H,1,5,14-16,18H2,2-3H3. The second-order valence-corrected chi connectivity index (χ2v) is 9.79. The second kappa shape index (κ2) is 10.0. The van der Waals surface area contributed by atoms with Gasteiger partial charge in [-0.15, -0.1) is 16.8 Å². The van der Waals surface area contributed by atoms with E-state index in [0.717, 1.165) is 58.1 Å². The summed E-state index contributed by atoms with van der Waals surface area (Å²) in [4.78, 5) is 19.7. The summed E-state index contributed by atoms with van der Waals surface area (Å²) in [5, 5.41) is 10.8. The summed E-state index contributed by atoms with van der Waals surface area (Å²) in [6, 6.07) is 19.0. The Bertz CT molecular complexity index is 1370. The van der Waals surface area contributed by atoms with Crippen LogP contribution in [0.5, 0.6) is 0 Å². The molecular formula is C28H29N5OS. The van der Waals surface area contributed by atoms with E-state index in [-0.39, 0.29) is 5.91 Å². The molecule has 1 aliphatic carbocycles. The molecule has 0 saturated heterocycles. The Morgan fingerprint density at radius 3 is 2.66 bits per heavy atom. The van der Waals surface area contributed by atoms with Gasteiger partial charge in [-0.3, -0.25) is 9.36 Å². The molecule has 0 aliphatic heterocycles. The molecular weight excluding hydrogens is 454 g/mol. The Hall–Kier alpha value is -3.45. The summed E-state index contributed by atoms with van der Waals surface area (Å²) in [6.07, 6.45) is 4.06. The highest BCUT2D eigenvalue weighted by Crippen LogP contribution is 2.33. The van der Waals surface area contributed by atoms with E-state index < -0.39 is 0 Å². The Morgan fingerprint density at radius 2 is 1.94 bits per heavy atom. The number of nitrogens with zero attached hydrogens (tertiary/aromatic N) is 5. The third-order valence-electron chi connectivity index (χ3n) is 6.31. The van der Waals surface area contributed by atoms with Crippen LogP contribution in [-0.2, 0) is 11.3 Å². The number of allylic oxidation sites excluding steroid dienone is 1. The van der Waals surface area contributed by atoms with Crippen molar-refractivity contribution in [2.75, 3.05) is 12.3 Å². The van der Waals surface area contributed by atoms with Gasteiger partial charge in [0.2, 0.25) is 5.91 Å². The Labute approximate surface area is 210 Å². The predicted octanol–water partition coefficient (Wildman–Crippen LogP) is 5.76. The Morgan fingerprint density at radius 1 is 1.17 bits per heavy atom. The van der Waals surface area contributed by atoms with Crippen LogP contribution in [0.3, 0.4) is 0 Å². The van der Waals surface area contributed by atoms with E-state index in [9.17, 15) is 4.79 Å². The summed E-state index contributed by atoms with van der Waals surface area (Å²) in [6.45, 7) is 9.36. The maximum absolute atomic E-state index is 12.8. The van der Waals surface area contributed by atoms with Gasteiger partial charge in [-0.05, 0) is 38.8 Å². The minimum Gasteiger partial charge on any atom is -0.339 e. The van der Waals surface area contributed by atoms with Crippen molar-refractivity contribution in [2.24, 2.45) is 0 Å². The summed E-state index contributed by atoms with van der Waals surface area (Å²) in [7, 11) is 0. The monoisotopic (exact) mass is 483 g/mol. The van der Waals surface area contributed by atoms with Gasteiger partial charge in [0, 0.05) is 35.6 Å². The zero-order valence-electron chi connectivity index (χ0n) is 20.1. The molecule has 4 aromatic rings. The van der Waals surface area contributed by atoms with E-state index in [1.54, 1.807) is 0 Å². The van der Waals surface area contributed by atoms with Crippen LogP contribution in [-0.4, -0.2) is 48.9 Å². The quantitative estimate of drug-likeness (QED) is 0.224. The zero-order valence-corrected chi connectivity index (χ0v) is 21.0. The molecule has 1 fully saturated rings. The van der Waals surface area contributed by atoms with Crippen molar-refractivity contribution in [2.45, 2.75) is 44.4 Å². The first-order valence-electron chi connectivity index (χ1n) is 12.0. The number of aryl methyl sites for hydroxylation is 1. The average Bonchev–Trinajstić information content (AvgIpc) is 3.63. The third-order valence-corrected chi connectivity index (χ3v) is 7.26. The van der Waals surface area contributed by atoms with E-state index in [4.69, 9.17) is 4.98 Å². The maximum Gasteiger partial charge on any atom is 0.233 e. The summed E-state index contributed by atoms with van der Waals surface area (Å²) < 4.78 is 2.04. The lowest BCUT2D eigenvalue weighted by Gasteiger charge is -2.20. The molecule has 0 spiro atoms. The third kappa shape index (κ3) is 4.86. The number of amides is 1. The van der Waals surface area contributed by atoms with Crippen molar-refractivity contribution < 1.29 is 4.79 Å².